The lowest BCUT2D eigenvalue weighted by atomic mass is 9.85. The number of aromatic nitrogens is 1. The van der Waals surface area contributed by atoms with Gasteiger partial charge in [-0.1, -0.05) is 43.9 Å². The Kier molecular flexibility index (Phi) is 2.68. The second kappa shape index (κ2) is 4.40. The van der Waals surface area contributed by atoms with E-state index >= 15 is 0 Å². The molecule has 1 aromatic heterocycles. The van der Waals surface area contributed by atoms with Gasteiger partial charge in [0.1, 0.15) is 0 Å². The highest BCUT2D eigenvalue weighted by Crippen LogP contribution is 2.48. The standard InChI is InChI=1S/C18H23N/c1-2-6-15-9-12-18(14-15,11-5-1)19-13-10-16-7-3-4-8-17(16)19/h3-4,7-8,10,13,15H,1-2,5-6,9,11-12,14H2. The molecule has 0 amide bonds. The first-order valence-electron chi connectivity index (χ1n) is 7.94. The maximum Gasteiger partial charge on any atom is 0.0485 e. The van der Waals surface area contributed by atoms with Gasteiger partial charge in [0.25, 0.3) is 0 Å². The average molecular weight is 253 g/mol. The predicted octanol–water partition coefficient (Wildman–Crippen LogP) is 5.10. The molecule has 1 aromatic carbocycles. The Morgan fingerprint density at radius 2 is 1.89 bits per heavy atom. The van der Waals surface area contributed by atoms with E-state index in [1.54, 1.807) is 0 Å². The van der Waals surface area contributed by atoms with Crippen LogP contribution < -0.4 is 0 Å². The summed E-state index contributed by atoms with van der Waals surface area (Å²) in [6.45, 7) is 0. The van der Waals surface area contributed by atoms with Gasteiger partial charge in [0.05, 0.1) is 0 Å². The number of fused-ring (bicyclic) bond motifs is 3. The lowest BCUT2D eigenvalue weighted by Gasteiger charge is -2.34. The molecule has 0 N–H and O–H groups in total. The van der Waals surface area contributed by atoms with Crippen LogP contribution in [0.3, 0.4) is 0 Å². The van der Waals surface area contributed by atoms with Crippen molar-refractivity contribution in [3.63, 3.8) is 0 Å². The molecule has 19 heavy (non-hydrogen) atoms. The molecule has 0 radical (unpaired) electrons. The van der Waals surface area contributed by atoms with Crippen LogP contribution in [0, 0.1) is 5.92 Å². The van der Waals surface area contributed by atoms with Crippen LogP contribution in [0.2, 0.25) is 0 Å². The minimum Gasteiger partial charge on any atom is -0.341 e. The molecule has 2 aliphatic carbocycles. The molecule has 100 valence electrons. The van der Waals surface area contributed by atoms with Gasteiger partial charge in [-0.05, 0) is 49.1 Å². The number of nitrogens with zero attached hydrogens (tertiary/aromatic N) is 1. The van der Waals surface area contributed by atoms with E-state index in [4.69, 9.17) is 0 Å². The molecule has 1 nitrogen and oxygen atoms in total. The molecule has 2 aliphatic rings. The molecule has 2 saturated carbocycles. The second-order valence-electron chi connectivity index (χ2n) is 6.68. The Balaban J connectivity index is 1.81. The molecular weight excluding hydrogens is 230 g/mol. The van der Waals surface area contributed by atoms with Gasteiger partial charge in [-0.15, -0.1) is 0 Å². The lowest BCUT2D eigenvalue weighted by Crippen LogP contribution is -2.30. The first kappa shape index (κ1) is 11.6. The van der Waals surface area contributed by atoms with Gasteiger partial charge in [-0.2, -0.15) is 0 Å². The second-order valence-corrected chi connectivity index (χ2v) is 6.68. The lowest BCUT2D eigenvalue weighted by molar-refractivity contribution is 0.241. The summed E-state index contributed by atoms with van der Waals surface area (Å²) in [7, 11) is 0. The van der Waals surface area contributed by atoms with Crippen LogP contribution >= 0.6 is 0 Å². The molecule has 1 heterocycles. The molecule has 2 unspecified atom stereocenters. The van der Waals surface area contributed by atoms with Gasteiger partial charge >= 0.3 is 0 Å². The van der Waals surface area contributed by atoms with Crippen LogP contribution in [-0.2, 0) is 5.54 Å². The fourth-order valence-electron chi connectivity index (χ4n) is 4.59. The van der Waals surface area contributed by atoms with Crippen LogP contribution in [0.15, 0.2) is 36.5 Å². The molecule has 2 atom stereocenters. The Hall–Kier alpha value is -1.24. The number of benzene rings is 1. The van der Waals surface area contributed by atoms with Gasteiger partial charge in [-0.3, -0.25) is 0 Å². The molecule has 1 heteroatoms. The van der Waals surface area contributed by atoms with Crippen LogP contribution in [0.1, 0.15) is 51.4 Å². The van der Waals surface area contributed by atoms with E-state index in [0.717, 1.165) is 5.92 Å². The monoisotopic (exact) mass is 253 g/mol. The van der Waals surface area contributed by atoms with Crippen molar-refractivity contribution in [3.8, 4) is 0 Å². The largest absolute Gasteiger partial charge is 0.341 e. The zero-order valence-electron chi connectivity index (χ0n) is 11.6. The normalized spacial score (nSPS) is 31.3. The van der Waals surface area contributed by atoms with Crippen molar-refractivity contribution in [2.75, 3.05) is 0 Å². The van der Waals surface area contributed by atoms with Crippen LogP contribution in [-0.4, -0.2) is 4.57 Å². The van der Waals surface area contributed by atoms with Crippen molar-refractivity contribution in [2.24, 2.45) is 5.92 Å². The fraction of sp³-hybridized carbons (Fsp3) is 0.556. The summed E-state index contributed by atoms with van der Waals surface area (Å²) in [6, 6.07) is 11.2. The van der Waals surface area contributed by atoms with E-state index in [1.807, 2.05) is 0 Å². The highest BCUT2D eigenvalue weighted by molar-refractivity contribution is 5.80. The Morgan fingerprint density at radius 1 is 0.947 bits per heavy atom. The van der Waals surface area contributed by atoms with Crippen molar-refractivity contribution >= 4 is 10.9 Å². The molecule has 2 bridgehead atoms. The van der Waals surface area contributed by atoms with E-state index < -0.39 is 0 Å². The van der Waals surface area contributed by atoms with E-state index in [0.29, 0.717) is 5.54 Å². The first-order valence-corrected chi connectivity index (χ1v) is 7.94. The van der Waals surface area contributed by atoms with Crippen molar-refractivity contribution in [1.29, 1.82) is 0 Å². The van der Waals surface area contributed by atoms with Crippen LogP contribution in [0.4, 0.5) is 0 Å². The Morgan fingerprint density at radius 3 is 2.89 bits per heavy atom. The third-order valence-electron chi connectivity index (χ3n) is 5.55. The molecule has 0 spiro atoms. The summed E-state index contributed by atoms with van der Waals surface area (Å²) < 4.78 is 2.63. The van der Waals surface area contributed by atoms with Crippen molar-refractivity contribution in [1.82, 2.24) is 4.57 Å². The van der Waals surface area contributed by atoms with Crippen LogP contribution in [0.5, 0.6) is 0 Å². The smallest absolute Gasteiger partial charge is 0.0485 e. The first-order chi connectivity index (χ1) is 9.37. The topological polar surface area (TPSA) is 4.93 Å². The van der Waals surface area contributed by atoms with E-state index in [2.05, 4.69) is 41.1 Å². The van der Waals surface area contributed by atoms with Gasteiger partial charge in [0.15, 0.2) is 0 Å². The summed E-state index contributed by atoms with van der Waals surface area (Å²) in [5.41, 5.74) is 1.89. The summed E-state index contributed by atoms with van der Waals surface area (Å²) >= 11 is 0. The Labute approximate surface area is 115 Å². The zero-order chi connectivity index (χ0) is 12.7. The summed E-state index contributed by atoms with van der Waals surface area (Å²) in [4.78, 5) is 0. The molecular formula is C18H23N. The Bertz CT molecular complexity index is 582. The summed E-state index contributed by atoms with van der Waals surface area (Å²) in [5.74, 6) is 0.987. The minimum atomic E-state index is 0.439. The van der Waals surface area contributed by atoms with Crippen molar-refractivity contribution in [2.45, 2.75) is 56.9 Å². The van der Waals surface area contributed by atoms with Gasteiger partial charge < -0.3 is 4.57 Å². The molecule has 0 aliphatic heterocycles. The predicted molar refractivity (Wildman–Crippen MR) is 80.3 cm³/mol. The SMILES string of the molecule is c1ccc2c(c1)ccn2C12CCCCCC(CC1)C2. The minimum absolute atomic E-state index is 0.439. The maximum absolute atomic E-state index is 2.63. The zero-order valence-corrected chi connectivity index (χ0v) is 11.6. The van der Waals surface area contributed by atoms with Gasteiger partial charge in [-0.25, -0.2) is 0 Å². The third-order valence-corrected chi connectivity index (χ3v) is 5.55. The van der Waals surface area contributed by atoms with Gasteiger partial charge in [0.2, 0.25) is 0 Å². The molecule has 2 fully saturated rings. The van der Waals surface area contributed by atoms with Crippen molar-refractivity contribution in [3.05, 3.63) is 36.5 Å². The summed E-state index contributed by atoms with van der Waals surface area (Å²) in [6.07, 6.45) is 13.8. The quantitative estimate of drug-likeness (QED) is 0.666. The third kappa shape index (κ3) is 1.82. The van der Waals surface area contributed by atoms with E-state index in [-0.39, 0.29) is 0 Å². The highest BCUT2D eigenvalue weighted by atomic mass is 15.1. The maximum atomic E-state index is 2.63. The summed E-state index contributed by atoms with van der Waals surface area (Å²) in [5, 5.41) is 1.40. The molecule has 0 saturated heterocycles. The molecule has 2 aromatic rings. The van der Waals surface area contributed by atoms with Crippen LogP contribution in [0.25, 0.3) is 10.9 Å². The number of hydrogen-bond acceptors (Lipinski definition) is 0. The molecule has 4 rings (SSSR count). The number of rotatable bonds is 1. The number of hydrogen-bond donors (Lipinski definition) is 0. The fourth-order valence-corrected chi connectivity index (χ4v) is 4.59. The van der Waals surface area contributed by atoms with E-state index in [9.17, 15) is 0 Å². The van der Waals surface area contributed by atoms with Crippen molar-refractivity contribution < 1.29 is 0 Å². The highest BCUT2D eigenvalue weighted by Gasteiger charge is 2.41. The average Bonchev–Trinajstić information content (AvgIpc) is 3.02. The van der Waals surface area contributed by atoms with E-state index in [1.165, 1.54) is 62.3 Å². The van der Waals surface area contributed by atoms with Gasteiger partial charge in [0, 0.05) is 17.3 Å². The number of para-hydroxylation sites is 1.